The Labute approximate surface area is 150 Å². The summed E-state index contributed by atoms with van der Waals surface area (Å²) < 4.78 is 29.7. The van der Waals surface area contributed by atoms with Gasteiger partial charge in [0, 0.05) is 29.2 Å². The normalized spacial score (nSPS) is 13.6. The molecule has 0 spiro atoms. The number of nitrogens with one attached hydrogen (secondary N) is 1. The van der Waals surface area contributed by atoms with Crippen molar-refractivity contribution in [3.8, 4) is 11.4 Å². The Kier molecular flexibility index (Phi) is 3.97. The molecule has 0 amide bonds. The second-order valence-corrected chi connectivity index (χ2v) is 7.96. The van der Waals surface area contributed by atoms with Crippen molar-refractivity contribution in [3.05, 3.63) is 59.4 Å². The van der Waals surface area contributed by atoms with Crippen LogP contribution in [0.2, 0.25) is 5.02 Å². The number of rotatable bonds is 4. The maximum Gasteiger partial charge on any atom is 0.261 e. The van der Waals surface area contributed by atoms with Gasteiger partial charge in [-0.05, 0) is 36.8 Å². The highest BCUT2D eigenvalue weighted by Crippen LogP contribution is 2.26. The fourth-order valence-electron chi connectivity index (χ4n) is 2.93. The van der Waals surface area contributed by atoms with Crippen molar-refractivity contribution < 1.29 is 8.42 Å². The first-order chi connectivity index (χ1) is 12.0. The van der Waals surface area contributed by atoms with Gasteiger partial charge in [-0.15, -0.1) is 10.2 Å². The van der Waals surface area contributed by atoms with Crippen LogP contribution in [-0.2, 0) is 23.0 Å². The molecule has 0 atom stereocenters. The number of aryl methyl sites for hydroxylation is 1. The molecule has 1 N–H and O–H groups in total. The van der Waals surface area contributed by atoms with Crippen LogP contribution < -0.4 is 4.72 Å². The zero-order valence-electron chi connectivity index (χ0n) is 13.2. The van der Waals surface area contributed by atoms with Crippen LogP contribution in [0, 0.1) is 0 Å². The number of fused-ring (bicyclic) bond motifs is 1. The Bertz CT molecular complexity index is 1050. The van der Waals surface area contributed by atoms with Gasteiger partial charge in [-0.2, -0.15) is 0 Å². The van der Waals surface area contributed by atoms with Gasteiger partial charge in [-0.3, -0.25) is 4.72 Å². The number of hydrogen-bond donors (Lipinski definition) is 1. The van der Waals surface area contributed by atoms with E-state index >= 15 is 0 Å². The van der Waals surface area contributed by atoms with Crippen LogP contribution in [0.1, 0.15) is 12.2 Å². The van der Waals surface area contributed by atoms with E-state index in [-0.39, 0.29) is 4.90 Å². The third-order valence-corrected chi connectivity index (χ3v) is 5.70. The summed E-state index contributed by atoms with van der Waals surface area (Å²) in [4.78, 5) is 0.119. The Morgan fingerprint density at radius 3 is 2.76 bits per heavy atom. The number of benzene rings is 2. The molecule has 0 fully saturated rings. The Balaban J connectivity index is 1.66. The van der Waals surface area contributed by atoms with Gasteiger partial charge in [0.2, 0.25) is 0 Å². The zero-order valence-corrected chi connectivity index (χ0v) is 14.8. The van der Waals surface area contributed by atoms with Crippen molar-refractivity contribution >= 4 is 27.3 Å². The molecule has 25 heavy (non-hydrogen) atoms. The molecule has 2 heterocycles. The number of halogens is 1. The first kappa shape index (κ1) is 16.1. The molecule has 0 bridgehead atoms. The molecule has 1 aromatic heterocycles. The van der Waals surface area contributed by atoms with Gasteiger partial charge < -0.3 is 4.57 Å². The maximum atomic E-state index is 12.5. The van der Waals surface area contributed by atoms with E-state index in [1.807, 2.05) is 6.07 Å². The lowest BCUT2D eigenvalue weighted by Gasteiger charge is -2.10. The van der Waals surface area contributed by atoms with E-state index in [2.05, 4.69) is 19.5 Å². The Morgan fingerprint density at radius 2 is 1.92 bits per heavy atom. The predicted octanol–water partition coefficient (Wildman–Crippen LogP) is 3.35. The topological polar surface area (TPSA) is 76.9 Å². The molecular formula is C17H15ClN4O2S. The number of anilines is 1. The molecule has 3 aromatic rings. The van der Waals surface area contributed by atoms with Gasteiger partial charge >= 0.3 is 0 Å². The average Bonchev–Trinajstić information content (AvgIpc) is 3.18. The van der Waals surface area contributed by atoms with E-state index in [1.54, 1.807) is 30.3 Å². The lowest BCUT2D eigenvalue weighted by atomic mass is 10.2. The summed E-state index contributed by atoms with van der Waals surface area (Å²) in [5, 5.41) is 8.80. The molecule has 8 heteroatoms. The first-order valence-corrected chi connectivity index (χ1v) is 9.70. The smallest absolute Gasteiger partial charge is 0.261 e. The van der Waals surface area contributed by atoms with E-state index in [0.29, 0.717) is 10.7 Å². The maximum absolute atomic E-state index is 12.5. The van der Waals surface area contributed by atoms with Gasteiger partial charge in [0.05, 0.1) is 4.90 Å². The average molecular weight is 375 g/mol. The third-order valence-electron chi connectivity index (χ3n) is 4.09. The number of aromatic nitrogens is 3. The standard InChI is InChI=1S/C17H15ClN4O2S/c18-13-5-2-7-15(11-13)25(23,24)21-14-6-1-4-12(10-14)17-20-19-16-8-3-9-22(16)17/h1-2,4-7,10-11,21H,3,8-9H2. The fraction of sp³-hybridized carbons (Fsp3) is 0.176. The van der Waals surface area contributed by atoms with E-state index < -0.39 is 10.0 Å². The highest BCUT2D eigenvalue weighted by Gasteiger charge is 2.19. The number of nitrogens with zero attached hydrogens (tertiary/aromatic N) is 3. The molecule has 1 aliphatic rings. The first-order valence-electron chi connectivity index (χ1n) is 7.84. The van der Waals surface area contributed by atoms with Crippen LogP contribution in [-0.4, -0.2) is 23.2 Å². The van der Waals surface area contributed by atoms with E-state index in [9.17, 15) is 8.42 Å². The van der Waals surface area contributed by atoms with Gasteiger partial charge in [0.15, 0.2) is 5.82 Å². The van der Waals surface area contributed by atoms with Crippen LogP contribution in [0.3, 0.4) is 0 Å². The second kappa shape index (κ2) is 6.16. The van der Waals surface area contributed by atoms with Crippen LogP contribution in [0.25, 0.3) is 11.4 Å². The largest absolute Gasteiger partial charge is 0.311 e. The monoisotopic (exact) mass is 374 g/mol. The highest BCUT2D eigenvalue weighted by atomic mass is 35.5. The molecule has 0 radical (unpaired) electrons. The summed E-state index contributed by atoms with van der Waals surface area (Å²) >= 11 is 5.89. The summed E-state index contributed by atoms with van der Waals surface area (Å²) in [5.74, 6) is 1.73. The van der Waals surface area contributed by atoms with Crippen molar-refractivity contribution in [1.29, 1.82) is 0 Å². The van der Waals surface area contributed by atoms with Gasteiger partial charge in [-0.25, -0.2) is 8.42 Å². The molecular weight excluding hydrogens is 360 g/mol. The van der Waals surface area contributed by atoms with Gasteiger partial charge in [0.25, 0.3) is 10.0 Å². The highest BCUT2D eigenvalue weighted by molar-refractivity contribution is 7.92. The molecule has 1 aliphatic heterocycles. The zero-order chi connectivity index (χ0) is 17.4. The third kappa shape index (κ3) is 3.12. The molecule has 4 rings (SSSR count). The van der Waals surface area contributed by atoms with E-state index in [1.165, 1.54) is 12.1 Å². The molecule has 2 aromatic carbocycles. The van der Waals surface area contributed by atoms with Crippen LogP contribution >= 0.6 is 11.6 Å². The summed E-state index contributed by atoms with van der Waals surface area (Å²) in [5.41, 5.74) is 1.29. The summed E-state index contributed by atoms with van der Waals surface area (Å²) in [6.45, 7) is 0.885. The molecule has 6 nitrogen and oxygen atoms in total. The summed E-state index contributed by atoms with van der Waals surface area (Å²) in [6, 6.07) is 13.3. The number of hydrogen-bond acceptors (Lipinski definition) is 4. The van der Waals surface area contributed by atoms with Gasteiger partial charge in [-0.1, -0.05) is 29.8 Å². The predicted molar refractivity (Wildman–Crippen MR) is 96.0 cm³/mol. The SMILES string of the molecule is O=S(=O)(Nc1cccc(-c2nnc3n2CCC3)c1)c1cccc(Cl)c1. The Morgan fingerprint density at radius 1 is 1.08 bits per heavy atom. The molecule has 128 valence electrons. The minimum Gasteiger partial charge on any atom is -0.311 e. The van der Waals surface area contributed by atoms with Crippen molar-refractivity contribution in [2.24, 2.45) is 0 Å². The van der Waals surface area contributed by atoms with Crippen LogP contribution in [0.15, 0.2) is 53.4 Å². The van der Waals surface area contributed by atoms with Gasteiger partial charge in [0.1, 0.15) is 5.82 Å². The van der Waals surface area contributed by atoms with Crippen molar-refractivity contribution in [3.63, 3.8) is 0 Å². The molecule has 0 saturated carbocycles. The summed E-state index contributed by atoms with van der Waals surface area (Å²) in [6.07, 6.45) is 1.98. The fourth-order valence-corrected chi connectivity index (χ4v) is 4.28. The molecule has 0 saturated heterocycles. The van der Waals surface area contributed by atoms with E-state index in [0.717, 1.165) is 36.6 Å². The second-order valence-electron chi connectivity index (χ2n) is 5.84. The quantitative estimate of drug-likeness (QED) is 0.759. The summed E-state index contributed by atoms with van der Waals surface area (Å²) in [7, 11) is -3.71. The Hall–Kier alpha value is -2.38. The van der Waals surface area contributed by atoms with Crippen LogP contribution in [0.4, 0.5) is 5.69 Å². The minimum atomic E-state index is -3.71. The van der Waals surface area contributed by atoms with Crippen LogP contribution in [0.5, 0.6) is 0 Å². The minimum absolute atomic E-state index is 0.119. The van der Waals surface area contributed by atoms with Crippen molar-refractivity contribution in [2.75, 3.05) is 4.72 Å². The van der Waals surface area contributed by atoms with E-state index in [4.69, 9.17) is 11.6 Å². The molecule has 0 unspecified atom stereocenters. The van der Waals surface area contributed by atoms with Crippen molar-refractivity contribution in [1.82, 2.24) is 14.8 Å². The lowest BCUT2D eigenvalue weighted by Crippen LogP contribution is -2.13. The number of sulfonamides is 1. The van der Waals surface area contributed by atoms with Crippen molar-refractivity contribution in [2.45, 2.75) is 24.3 Å². The molecule has 0 aliphatic carbocycles. The lowest BCUT2D eigenvalue weighted by molar-refractivity contribution is 0.601.